The molecule has 0 radical (unpaired) electrons. The Labute approximate surface area is 84.0 Å². The van der Waals surface area contributed by atoms with Gasteiger partial charge in [0.2, 0.25) is 0 Å². The maximum atomic E-state index is 3.35. The molecule has 0 heterocycles. The fraction of sp³-hybridized carbons (Fsp3) is 0.600. The molecule has 0 aromatic carbocycles. The van der Waals surface area contributed by atoms with Gasteiger partial charge in [0.25, 0.3) is 0 Å². The van der Waals surface area contributed by atoms with Crippen LogP contribution in [0.5, 0.6) is 0 Å². The van der Waals surface area contributed by atoms with E-state index in [1.807, 2.05) is 0 Å². The van der Waals surface area contributed by atoms with E-state index < -0.39 is 0 Å². The van der Waals surface area contributed by atoms with E-state index in [2.05, 4.69) is 39.0 Å². The Morgan fingerprint density at radius 3 is 2.55 bits per heavy atom. The first-order chi connectivity index (χ1) is 4.67. The number of allylic oxidation sites excluding steroid dienone is 4. The Morgan fingerprint density at radius 2 is 2.18 bits per heavy atom. The number of hydrogen-bond donors (Lipinski definition) is 0. The molecule has 0 bridgehead atoms. The Morgan fingerprint density at radius 1 is 1.55 bits per heavy atom. The van der Waals surface area contributed by atoms with Gasteiger partial charge in [-0.05, 0) is 11.8 Å². The van der Waals surface area contributed by atoms with Crippen molar-refractivity contribution in [1.29, 1.82) is 0 Å². The van der Waals surface area contributed by atoms with Crippen molar-refractivity contribution >= 4 is 0 Å². The van der Waals surface area contributed by atoms with Crippen molar-refractivity contribution in [2.24, 2.45) is 5.41 Å². The maximum absolute atomic E-state index is 3.35. The van der Waals surface area contributed by atoms with E-state index in [1.54, 1.807) is 0 Å². The summed E-state index contributed by atoms with van der Waals surface area (Å²) in [6.45, 7) is 6.76. The van der Waals surface area contributed by atoms with Crippen LogP contribution in [0.3, 0.4) is 0 Å². The van der Waals surface area contributed by atoms with Gasteiger partial charge in [-0.15, -0.1) is 6.42 Å². The predicted octanol–water partition coefficient (Wildman–Crippen LogP) is 3.11. The minimum absolute atomic E-state index is 0. The molecule has 0 saturated carbocycles. The van der Waals surface area contributed by atoms with Crippen LogP contribution >= 0.6 is 0 Å². The molecular weight excluding hydrogens is 315 g/mol. The summed E-state index contributed by atoms with van der Waals surface area (Å²) in [7, 11) is 0. The first-order valence-electron chi connectivity index (χ1n) is 3.94. The molecule has 1 rings (SSSR count). The Hall–Kier alpha value is 0.168. The van der Waals surface area contributed by atoms with E-state index in [0.29, 0.717) is 5.41 Å². The smallest absolute Gasteiger partial charge is 0 e. The summed E-state index contributed by atoms with van der Waals surface area (Å²) in [4.78, 5) is 0. The molecular formula is C10H15Pt-. The fourth-order valence-corrected chi connectivity index (χ4v) is 1.06. The molecule has 0 saturated heterocycles. The molecule has 0 aromatic heterocycles. The monoisotopic (exact) mass is 330 g/mol. The van der Waals surface area contributed by atoms with Gasteiger partial charge in [0.1, 0.15) is 0 Å². The molecule has 1 aliphatic rings. The minimum atomic E-state index is 0. The molecule has 0 nitrogen and oxygen atoms in total. The topological polar surface area (TPSA) is 0 Å². The summed E-state index contributed by atoms with van der Waals surface area (Å²) in [5.41, 5.74) is 1.72. The van der Waals surface area contributed by atoms with Crippen LogP contribution in [0.2, 0.25) is 0 Å². The summed E-state index contributed by atoms with van der Waals surface area (Å²) in [5.74, 6) is 0. The summed E-state index contributed by atoms with van der Waals surface area (Å²) >= 11 is 0. The van der Waals surface area contributed by atoms with Gasteiger partial charge in [0.15, 0.2) is 0 Å². The third kappa shape index (κ3) is 2.60. The zero-order valence-corrected chi connectivity index (χ0v) is 9.66. The second kappa shape index (κ2) is 4.26. The largest absolute Gasteiger partial charge is 0.269 e. The van der Waals surface area contributed by atoms with Crippen LogP contribution in [-0.2, 0) is 21.1 Å². The average Bonchev–Trinajstić information content (AvgIpc) is 2.38. The van der Waals surface area contributed by atoms with E-state index in [4.69, 9.17) is 0 Å². The van der Waals surface area contributed by atoms with E-state index >= 15 is 0 Å². The number of rotatable bonds is 2. The summed E-state index contributed by atoms with van der Waals surface area (Å²) in [6, 6.07) is 0. The average molecular weight is 330 g/mol. The van der Waals surface area contributed by atoms with Crippen LogP contribution in [0.25, 0.3) is 0 Å². The van der Waals surface area contributed by atoms with Gasteiger partial charge >= 0.3 is 0 Å². The Kier molecular flexibility index (Phi) is 4.32. The first-order valence-corrected chi connectivity index (χ1v) is 3.94. The van der Waals surface area contributed by atoms with Gasteiger partial charge in [-0.2, -0.15) is 6.08 Å². The van der Waals surface area contributed by atoms with Crippen molar-refractivity contribution < 1.29 is 21.1 Å². The fourth-order valence-electron chi connectivity index (χ4n) is 1.06. The van der Waals surface area contributed by atoms with Gasteiger partial charge in [-0.1, -0.05) is 20.8 Å². The second-order valence-corrected chi connectivity index (χ2v) is 3.43. The maximum Gasteiger partial charge on any atom is 0 e. The normalized spacial score (nSPS) is 16.1. The molecule has 1 aliphatic carbocycles. The van der Waals surface area contributed by atoms with Crippen molar-refractivity contribution in [1.82, 2.24) is 0 Å². The van der Waals surface area contributed by atoms with Gasteiger partial charge in [-0.25, -0.2) is 11.6 Å². The van der Waals surface area contributed by atoms with Crippen LogP contribution in [0, 0.1) is 11.5 Å². The van der Waals surface area contributed by atoms with Crippen LogP contribution in [0.4, 0.5) is 0 Å². The molecule has 0 aromatic rings. The van der Waals surface area contributed by atoms with Gasteiger partial charge in [0, 0.05) is 21.1 Å². The Bertz CT molecular complexity index is 175. The molecule has 0 N–H and O–H groups in total. The minimum Gasteiger partial charge on any atom is -0.269 e. The first kappa shape index (κ1) is 11.2. The summed E-state index contributed by atoms with van der Waals surface area (Å²) < 4.78 is 0. The standard InChI is InChI=1S/C10H15.Pt/c1-4-10(2,3)9-7-5-6-8-9;/h5,7H,4,6H2,1-3H3;/q-1;. The molecule has 11 heavy (non-hydrogen) atoms. The quantitative estimate of drug-likeness (QED) is 0.683. The van der Waals surface area contributed by atoms with E-state index in [9.17, 15) is 0 Å². The molecule has 0 amide bonds. The van der Waals surface area contributed by atoms with Crippen LogP contribution in [0.15, 0.2) is 17.7 Å². The number of hydrogen-bond acceptors (Lipinski definition) is 0. The third-order valence-electron chi connectivity index (χ3n) is 2.31. The summed E-state index contributed by atoms with van der Waals surface area (Å²) in [6.07, 6.45) is 9.93. The van der Waals surface area contributed by atoms with Gasteiger partial charge < -0.3 is 0 Å². The predicted molar refractivity (Wildman–Crippen MR) is 44.6 cm³/mol. The second-order valence-electron chi connectivity index (χ2n) is 3.43. The van der Waals surface area contributed by atoms with Crippen molar-refractivity contribution in [2.45, 2.75) is 33.6 Å². The van der Waals surface area contributed by atoms with Crippen molar-refractivity contribution in [3.63, 3.8) is 0 Å². The molecule has 0 fully saturated rings. The van der Waals surface area contributed by atoms with Gasteiger partial charge in [-0.3, -0.25) is 6.08 Å². The van der Waals surface area contributed by atoms with Crippen LogP contribution in [-0.4, -0.2) is 0 Å². The third-order valence-corrected chi connectivity index (χ3v) is 2.31. The molecule has 1 heteroatoms. The van der Waals surface area contributed by atoms with E-state index in [1.165, 1.54) is 12.0 Å². The van der Waals surface area contributed by atoms with Gasteiger partial charge in [0.05, 0.1) is 0 Å². The van der Waals surface area contributed by atoms with E-state index in [0.717, 1.165) is 6.42 Å². The van der Waals surface area contributed by atoms with Crippen LogP contribution < -0.4 is 0 Å². The molecule has 0 unspecified atom stereocenters. The molecule has 0 atom stereocenters. The molecule has 0 spiro atoms. The SMILES string of the molecule is CCC(C)(C)C1=[C-]CC=C1.[Pt]. The van der Waals surface area contributed by atoms with Crippen molar-refractivity contribution in [2.75, 3.05) is 0 Å². The molecule has 66 valence electrons. The van der Waals surface area contributed by atoms with Crippen molar-refractivity contribution in [3.8, 4) is 0 Å². The zero-order chi connectivity index (χ0) is 7.61. The molecule has 0 aliphatic heterocycles. The van der Waals surface area contributed by atoms with Crippen LogP contribution in [0.1, 0.15) is 33.6 Å². The Balaban J connectivity index is 0.000001000. The van der Waals surface area contributed by atoms with E-state index in [-0.39, 0.29) is 21.1 Å². The summed E-state index contributed by atoms with van der Waals surface area (Å²) in [5, 5.41) is 0. The van der Waals surface area contributed by atoms with Crippen molar-refractivity contribution in [3.05, 3.63) is 23.8 Å². The zero-order valence-electron chi connectivity index (χ0n) is 7.39.